The predicted molar refractivity (Wildman–Crippen MR) is 170 cm³/mol. The summed E-state index contributed by atoms with van der Waals surface area (Å²) in [5.74, 6) is 1.69. The van der Waals surface area contributed by atoms with Gasteiger partial charge in [-0.2, -0.15) is 5.10 Å². The second-order valence-electron chi connectivity index (χ2n) is 10.2. The lowest BCUT2D eigenvalue weighted by Gasteiger charge is -2.14. The largest absolute Gasteiger partial charge is 0.493 e. The molecule has 0 spiro atoms. The van der Waals surface area contributed by atoms with E-state index in [2.05, 4.69) is 27.9 Å². The molecular weight excluding hydrogens is 542 g/mol. The van der Waals surface area contributed by atoms with E-state index in [0.717, 1.165) is 52.5 Å². The molecule has 0 unspecified atom stereocenters. The normalized spacial score (nSPS) is 10.8. The van der Waals surface area contributed by atoms with Crippen molar-refractivity contribution in [1.29, 1.82) is 0 Å². The zero-order valence-electron chi connectivity index (χ0n) is 24.3. The number of aromatic nitrogens is 3. The number of nitrogens with one attached hydrogen (secondary N) is 3. The van der Waals surface area contributed by atoms with Crippen LogP contribution in [0.5, 0.6) is 5.75 Å². The molecule has 2 aromatic heterocycles. The van der Waals surface area contributed by atoms with Crippen LogP contribution in [-0.2, 0) is 12.8 Å². The Morgan fingerprint density at radius 1 is 0.907 bits per heavy atom. The number of amides is 4. The van der Waals surface area contributed by atoms with Crippen molar-refractivity contribution in [1.82, 2.24) is 14.8 Å². The van der Waals surface area contributed by atoms with Crippen LogP contribution in [0.3, 0.4) is 0 Å². The van der Waals surface area contributed by atoms with Gasteiger partial charge in [0.1, 0.15) is 17.4 Å². The summed E-state index contributed by atoms with van der Waals surface area (Å²) in [5, 5.41) is 15.0. The molecule has 0 bridgehead atoms. The molecule has 0 radical (unpaired) electrons. The third-order valence-electron chi connectivity index (χ3n) is 6.92. The van der Waals surface area contributed by atoms with Gasteiger partial charge in [0, 0.05) is 29.5 Å². The average molecular weight is 578 g/mol. The number of benzene rings is 3. The summed E-state index contributed by atoms with van der Waals surface area (Å²) in [4.78, 5) is 28.5. The van der Waals surface area contributed by atoms with Crippen molar-refractivity contribution in [2.45, 2.75) is 39.5 Å². The van der Waals surface area contributed by atoms with Crippen molar-refractivity contribution in [2.75, 3.05) is 22.6 Å². The Bertz CT molecular complexity index is 1730. The van der Waals surface area contributed by atoms with E-state index in [1.807, 2.05) is 79.7 Å². The number of carbonyl (C=O) groups is 2. The number of nitrogens with zero attached hydrogens (tertiary/aromatic N) is 3. The van der Waals surface area contributed by atoms with E-state index in [1.165, 1.54) is 0 Å². The van der Waals surface area contributed by atoms with Gasteiger partial charge in [0.05, 0.1) is 23.7 Å². The Hall–Kier alpha value is -5.38. The summed E-state index contributed by atoms with van der Waals surface area (Å²) in [6, 6.07) is 24.0. The number of ether oxygens (including phenoxy) is 1. The summed E-state index contributed by atoms with van der Waals surface area (Å²) in [6.45, 7) is 4.59. The third kappa shape index (κ3) is 7.48. The number of unbranched alkanes of at least 4 members (excludes halogenated alkanes) is 1. The fourth-order valence-electron chi connectivity index (χ4n) is 4.76. The Morgan fingerprint density at radius 3 is 2.47 bits per heavy atom. The second-order valence-corrected chi connectivity index (χ2v) is 10.2. The Kier molecular flexibility index (Phi) is 9.16. The smallest absolute Gasteiger partial charge is 0.324 e. The molecule has 10 nitrogen and oxygen atoms in total. The molecule has 0 fully saturated rings. The maximum absolute atomic E-state index is 13.3. The highest BCUT2D eigenvalue weighted by molar-refractivity contribution is 6.07. The summed E-state index contributed by atoms with van der Waals surface area (Å²) in [7, 11) is 0. The number of rotatable bonds is 11. The topological polar surface area (TPSA) is 136 Å². The van der Waals surface area contributed by atoms with Crippen molar-refractivity contribution >= 4 is 40.2 Å². The molecular formula is C33H35N7O3. The summed E-state index contributed by atoms with van der Waals surface area (Å²) in [6.07, 6.45) is 5.13. The maximum atomic E-state index is 13.3. The van der Waals surface area contributed by atoms with Crippen LogP contribution in [0.4, 0.5) is 26.9 Å². The van der Waals surface area contributed by atoms with Crippen LogP contribution in [-0.4, -0.2) is 33.4 Å². The number of fused-ring (bicyclic) bond motifs is 1. The molecule has 4 amide bonds. The van der Waals surface area contributed by atoms with Crippen molar-refractivity contribution in [3.05, 3.63) is 102 Å². The van der Waals surface area contributed by atoms with Gasteiger partial charge in [0.15, 0.2) is 0 Å². The van der Waals surface area contributed by atoms with E-state index in [1.54, 1.807) is 16.9 Å². The number of hydrogen-bond acceptors (Lipinski definition) is 5. The fraction of sp³-hybridized carbons (Fsp3) is 0.212. The number of urea groups is 2. The first kappa shape index (κ1) is 29.1. The van der Waals surface area contributed by atoms with E-state index in [0.29, 0.717) is 36.1 Å². The van der Waals surface area contributed by atoms with Crippen LogP contribution in [0, 0.1) is 6.92 Å². The number of primary amides is 1. The van der Waals surface area contributed by atoms with Crippen molar-refractivity contribution in [3.8, 4) is 11.4 Å². The monoisotopic (exact) mass is 577 g/mol. The van der Waals surface area contributed by atoms with Crippen LogP contribution in [0.1, 0.15) is 36.6 Å². The molecule has 10 heteroatoms. The van der Waals surface area contributed by atoms with Crippen LogP contribution in [0.15, 0.2) is 85.1 Å². The number of nitrogens with two attached hydrogens (primary N) is 1. The van der Waals surface area contributed by atoms with E-state index in [9.17, 15) is 9.59 Å². The van der Waals surface area contributed by atoms with E-state index < -0.39 is 6.03 Å². The summed E-state index contributed by atoms with van der Waals surface area (Å²) >= 11 is 0. The molecule has 2 heterocycles. The van der Waals surface area contributed by atoms with E-state index in [-0.39, 0.29) is 6.03 Å². The first-order valence-corrected chi connectivity index (χ1v) is 14.3. The molecule has 5 aromatic rings. The lowest BCUT2D eigenvalue weighted by Crippen LogP contribution is -2.21. The van der Waals surface area contributed by atoms with Crippen molar-refractivity contribution in [2.24, 2.45) is 5.73 Å². The lowest BCUT2D eigenvalue weighted by molar-refractivity contribution is 0.259. The van der Waals surface area contributed by atoms with Gasteiger partial charge in [-0.25, -0.2) is 19.3 Å². The molecule has 3 aromatic carbocycles. The van der Waals surface area contributed by atoms with Crippen LogP contribution in [0.25, 0.3) is 16.5 Å². The van der Waals surface area contributed by atoms with Crippen LogP contribution < -0.4 is 26.4 Å². The minimum atomic E-state index is -0.664. The Morgan fingerprint density at radius 2 is 1.70 bits per heavy atom. The minimum absolute atomic E-state index is 0.368. The van der Waals surface area contributed by atoms with Crippen LogP contribution in [0.2, 0.25) is 0 Å². The predicted octanol–water partition coefficient (Wildman–Crippen LogP) is 6.83. The zero-order valence-corrected chi connectivity index (χ0v) is 24.3. The van der Waals surface area contributed by atoms with Gasteiger partial charge < -0.3 is 15.8 Å². The highest BCUT2D eigenvalue weighted by atomic mass is 16.5. The van der Waals surface area contributed by atoms with Gasteiger partial charge in [0.25, 0.3) is 0 Å². The first-order chi connectivity index (χ1) is 20.9. The Labute approximate surface area is 250 Å². The molecule has 0 aliphatic heterocycles. The van der Waals surface area contributed by atoms with Gasteiger partial charge in [-0.3, -0.25) is 10.6 Å². The van der Waals surface area contributed by atoms with E-state index >= 15 is 0 Å². The van der Waals surface area contributed by atoms with Gasteiger partial charge in [-0.15, -0.1) is 0 Å². The SMILES string of the molecule is CCCCc1cc(NC(=O)Nc2ccc(OCCc3ccnc(NC(N)=O)c3)c3ccccc23)n(-c2ccc(C)cc2)n1. The average Bonchev–Trinajstić information content (AvgIpc) is 3.39. The highest BCUT2D eigenvalue weighted by Gasteiger charge is 2.15. The molecule has 0 aliphatic rings. The number of aryl methyl sites for hydroxylation is 2. The number of carbonyl (C=O) groups excluding carboxylic acids is 2. The molecule has 5 N–H and O–H groups in total. The minimum Gasteiger partial charge on any atom is -0.493 e. The van der Waals surface area contributed by atoms with Crippen LogP contribution >= 0.6 is 0 Å². The highest BCUT2D eigenvalue weighted by Crippen LogP contribution is 2.32. The zero-order chi connectivity index (χ0) is 30.2. The number of anilines is 3. The molecule has 220 valence electrons. The maximum Gasteiger partial charge on any atom is 0.324 e. The molecule has 0 saturated heterocycles. The van der Waals surface area contributed by atoms with Gasteiger partial charge in [-0.1, -0.05) is 55.3 Å². The standard InChI is InChI=1S/C33H35N7O3/c1-3-4-7-24-21-31(40(39-24)25-12-10-22(2)11-13-25)38-33(42)36-28-14-15-29(27-9-6-5-8-26(27)28)43-19-17-23-16-18-35-30(20-23)37-32(34)41/h5-6,8-16,18,20-21H,3-4,7,17,19H2,1-2H3,(H2,36,38,42)(H3,34,35,37,41). The first-order valence-electron chi connectivity index (χ1n) is 14.3. The fourth-order valence-corrected chi connectivity index (χ4v) is 4.76. The van der Waals surface area contributed by atoms with Gasteiger partial charge in [0.2, 0.25) is 0 Å². The van der Waals surface area contributed by atoms with E-state index in [4.69, 9.17) is 15.6 Å². The molecule has 5 rings (SSSR count). The van der Waals surface area contributed by atoms with Gasteiger partial charge >= 0.3 is 12.1 Å². The third-order valence-corrected chi connectivity index (χ3v) is 6.92. The second kappa shape index (κ2) is 13.5. The Balaban J connectivity index is 1.30. The lowest BCUT2D eigenvalue weighted by atomic mass is 10.1. The molecule has 43 heavy (non-hydrogen) atoms. The summed E-state index contributed by atoms with van der Waals surface area (Å²) < 4.78 is 7.91. The quantitative estimate of drug-likeness (QED) is 0.136. The summed E-state index contributed by atoms with van der Waals surface area (Å²) in [5.41, 5.74) is 9.75. The molecule has 0 aliphatic carbocycles. The van der Waals surface area contributed by atoms with Gasteiger partial charge in [-0.05, 0) is 61.7 Å². The number of hydrogen-bond donors (Lipinski definition) is 4. The molecule has 0 atom stereocenters. The number of pyridine rings is 1. The van der Waals surface area contributed by atoms with Crippen molar-refractivity contribution in [3.63, 3.8) is 0 Å². The molecule has 0 saturated carbocycles. The van der Waals surface area contributed by atoms with Crippen molar-refractivity contribution < 1.29 is 14.3 Å².